The lowest BCUT2D eigenvalue weighted by Gasteiger charge is -2.28. The van der Waals surface area contributed by atoms with Gasteiger partial charge in [-0.1, -0.05) is 111 Å². The number of aliphatic imine (C=N–C) groups is 1. The number of hydrogen-bond donors (Lipinski definition) is 13. The number of nitrogens with one attached hydrogen (secondary N) is 8. The Bertz CT molecular complexity index is 2960. The van der Waals surface area contributed by atoms with Crippen LogP contribution in [-0.4, -0.2) is 125 Å². The number of carboxylic acids is 1. The van der Waals surface area contributed by atoms with Gasteiger partial charge < -0.3 is 70.2 Å². The highest BCUT2D eigenvalue weighted by Gasteiger charge is 2.35. The van der Waals surface area contributed by atoms with Gasteiger partial charge in [0.05, 0.1) is 6.42 Å². The van der Waals surface area contributed by atoms with Gasteiger partial charge in [0.25, 0.3) is 0 Å². The number of guanidine groups is 1. The Balaban J connectivity index is 1.49. The Morgan fingerprint density at radius 3 is 1.66 bits per heavy atom. The molecule has 0 unspecified atom stereocenters. The molecule has 0 saturated carbocycles. The number of para-hydroxylation sites is 1. The van der Waals surface area contributed by atoms with E-state index in [1.807, 2.05) is 49.4 Å². The molecule has 5 aromatic rings. The maximum atomic E-state index is 14.9. The molecule has 8 amide bonds. The van der Waals surface area contributed by atoms with Crippen molar-refractivity contribution in [3.8, 4) is 0 Å². The summed E-state index contributed by atoms with van der Waals surface area (Å²) in [4.78, 5) is 131. The van der Waals surface area contributed by atoms with Gasteiger partial charge in [0.1, 0.15) is 42.3 Å². The first-order valence-corrected chi connectivity index (χ1v) is 26.8. The largest absolute Gasteiger partial charge is 0.481 e. The number of rotatable bonds is 33. The summed E-state index contributed by atoms with van der Waals surface area (Å²) in [5.74, 6) is -8.08. The Morgan fingerprint density at radius 1 is 0.537 bits per heavy atom. The van der Waals surface area contributed by atoms with Gasteiger partial charge in [0, 0.05) is 49.8 Å². The van der Waals surface area contributed by atoms with Crippen molar-refractivity contribution in [3.63, 3.8) is 0 Å². The van der Waals surface area contributed by atoms with E-state index >= 15 is 0 Å². The topological polar surface area (TPSA) is 390 Å². The highest BCUT2D eigenvalue weighted by atomic mass is 16.4. The molecule has 17 N–H and O–H groups in total. The number of hydrogen-bond acceptors (Lipinski definition) is 11. The number of aromatic nitrogens is 1. The lowest BCUT2D eigenvalue weighted by atomic mass is 9.99. The van der Waals surface area contributed by atoms with Crippen LogP contribution in [0.1, 0.15) is 88.3 Å². The first kappa shape index (κ1) is 62.0. The van der Waals surface area contributed by atoms with Crippen molar-refractivity contribution in [1.29, 1.82) is 0 Å². The van der Waals surface area contributed by atoms with Gasteiger partial charge in [-0.3, -0.25) is 48.1 Å². The molecule has 1 heterocycles. The third-order valence-electron chi connectivity index (χ3n) is 13.3. The molecule has 23 heteroatoms. The number of carboxylic acid groups (broad SMARTS) is 1. The molecular formula is C57H75N13O10. The zero-order valence-corrected chi connectivity index (χ0v) is 45.1. The molecule has 7 atom stereocenters. The van der Waals surface area contributed by atoms with Crippen LogP contribution in [0.4, 0.5) is 0 Å². The molecule has 1 aromatic heterocycles. The van der Waals surface area contributed by atoms with Crippen LogP contribution in [0, 0.1) is 0 Å². The van der Waals surface area contributed by atoms with E-state index in [9.17, 15) is 48.3 Å². The number of carbonyl (C=O) groups excluding carboxylic acids is 8. The normalized spacial score (nSPS) is 13.7. The molecule has 0 fully saturated rings. The summed E-state index contributed by atoms with van der Waals surface area (Å²) in [7, 11) is 0. The SMILES string of the molecule is CCCC[C@H](NC(C)=O)C(=O)N[C@@H](CC(=O)O)C(=O)N[C@@H](Cc1c[nH]c2ccccc12)C(=O)N[C@H](Cc1ccccc1)C(=O)N[C@@H](CCCN=C(N)N)C(=O)N[C@@H](Cc1ccc2ccccc2c1)C(=O)N[C@@H](CCCCN)C(N)=O. The number of unbranched alkanes of at least 4 members (excludes halogenated alkanes) is 2. The Kier molecular flexibility index (Phi) is 24.4. The smallest absolute Gasteiger partial charge is 0.305 e. The van der Waals surface area contributed by atoms with Gasteiger partial charge in [-0.05, 0) is 78.6 Å². The van der Waals surface area contributed by atoms with Crippen LogP contribution in [0.3, 0.4) is 0 Å². The Morgan fingerprint density at radius 2 is 1.05 bits per heavy atom. The summed E-state index contributed by atoms with van der Waals surface area (Å²) >= 11 is 0. The molecule has 5 rings (SSSR count). The molecule has 428 valence electrons. The summed E-state index contributed by atoms with van der Waals surface area (Å²) in [6, 6.07) is 19.4. The predicted octanol–water partition coefficient (Wildman–Crippen LogP) is 1.10. The maximum Gasteiger partial charge on any atom is 0.305 e. The summed E-state index contributed by atoms with van der Waals surface area (Å²) in [6.07, 6.45) is 3.08. The minimum atomic E-state index is -1.72. The monoisotopic (exact) mass is 1100 g/mol. The molecule has 0 spiro atoms. The quantitative estimate of drug-likeness (QED) is 0.0159. The fourth-order valence-corrected chi connectivity index (χ4v) is 9.09. The summed E-state index contributed by atoms with van der Waals surface area (Å²) in [6.45, 7) is 3.50. The number of benzene rings is 4. The van der Waals surface area contributed by atoms with E-state index in [1.165, 1.54) is 6.92 Å². The first-order chi connectivity index (χ1) is 38.3. The van der Waals surface area contributed by atoms with Crippen molar-refractivity contribution in [2.45, 2.75) is 133 Å². The number of amides is 8. The van der Waals surface area contributed by atoms with Crippen LogP contribution in [-0.2, 0) is 62.4 Å². The third kappa shape index (κ3) is 19.9. The number of aromatic amines is 1. The van der Waals surface area contributed by atoms with Crippen molar-refractivity contribution in [1.82, 2.24) is 42.2 Å². The average molecular weight is 1100 g/mol. The third-order valence-corrected chi connectivity index (χ3v) is 13.3. The van der Waals surface area contributed by atoms with Gasteiger partial charge in [-0.2, -0.15) is 0 Å². The second kappa shape index (κ2) is 31.5. The number of primary amides is 1. The molecule has 0 aliphatic rings. The lowest BCUT2D eigenvalue weighted by Crippen LogP contribution is -2.61. The molecular weight excluding hydrogens is 1030 g/mol. The summed E-state index contributed by atoms with van der Waals surface area (Å²) in [5.41, 5.74) is 25.1. The van der Waals surface area contributed by atoms with Gasteiger partial charge in [0.2, 0.25) is 47.3 Å². The molecule has 0 radical (unpaired) electrons. The van der Waals surface area contributed by atoms with E-state index in [4.69, 9.17) is 22.9 Å². The van der Waals surface area contributed by atoms with Crippen LogP contribution >= 0.6 is 0 Å². The van der Waals surface area contributed by atoms with Gasteiger partial charge in [0.15, 0.2) is 5.96 Å². The number of nitrogens with two attached hydrogens (primary N) is 4. The van der Waals surface area contributed by atoms with E-state index in [-0.39, 0.29) is 57.5 Å². The van der Waals surface area contributed by atoms with Gasteiger partial charge in [-0.15, -0.1) is 0 Å². The maximum absolute atomic E-state index is 14.9. The number of fused-ring (bicyclic) bond motifs is 2. The van der Waals surface area contributed by atoms with Crippen molar-refractivity contribution < 1.29 is 48.3 Å². The summed E-state index contributed by atoms with van der Waals surface area (Å²) in [5, 5.41) is 31.1. The van der Waals surface area contributed by atoms with Crippen molar-refractivity contribution in [2.75, 3.05) is 13.1 Å². The predicted molar refractivity (Wildman–Crippen MR) is 303 cm³/mol. The van der Waals surface area contributed by atoms with Crippen LogP contribution in [0.5, 0.6) is 0 Å². The van der Waals surface area contributed by atoms with Crippen LogP contribution in [0.25, 0.3) is 21.7 Å². The van der Waals surface area contributed by atoms with Crippen LogP contribution in [0.2, 0.25) is 0 Å². The van der Waals surface area contributed by atoms with Crippen LogP contribution in [0.15, 0.2) is 108 Å². The Labute approximate surface area is 464 Å². The van der Waals surface area contributed by atoms with Crippen molar-refractivity contribution in [2.24, 2.45) is 27.9 Å². The fourth-order valence-electron chi connectivity index (χ4n) is 9.09. The minimum Gasteiger partial charge on any atom is -0.481 e. The zero-order valence-electron chi connectivity index (χ0n) is 45.1. The minimum absolute atomic E-state index is 0.0431. The summed E-state index contributed by atoms with van der Waals surface area (Å²) < 4.78 is 0. The second-order valence-corrected chi connectivity index (χ2v) is 19.6. The molecule has 0 aliphatic carbocycles. The molecule has 0 saturated heterocycles. The highest BCUT2D eigenvalue weighted by Crippen LogP contribution is 2.21. The van der Waals surface area contributed by atoms with Gasteiger partial charge >= 0.3 is 5.97 Å². The average Bonchev–Trinajstić information content (AvgIpc) is 3.88. The molecule has 4 aromatic carbocycles. The number of carbonyl (C=O) groups is 9. The van der Waals surface area contributed by atoms with Gasteiger partial charge in [-0.25, -0.2) is 0 Å². The Hall–Kier alpha value is -8.86. The first-order valence-electron chi connectivity index (χ1n) is 26.8. The van der Waals surface area contributed by atoms with E-state index in [1.54, 1.807) is 60.8 Å². The number of aliphatic carboxylic acids is 1. The van der Waals surface area contributed by atoms with Crippen LogP contribution < -0.4 is 60.2 Å². The van der Waals surface area contributed by atoms with Crippen molar-refractivity contribution >= 4 is 80.9 Å². The van der Waals surface area contributed by atoms with E-state index in [0.717, 1.165) is 10.8 Å². The second-order valence-electron chi connectivity index (χ2n) is 19.6. The number of nitrogens with zero attached hydrogens (tertiary/aromatic N) is 1. The standard InChI is InChI=1S/C57H75N13O10/c1-3-4-20-43(64-34(2)71)51(75)70-48(32-49(72)73)56(80)69-47(31-39-33-63-41-21-11-10-19-40(39)41)55(79)68-45(29-35-15-6-5-7-16-35)54(78)66-44(23-14-27-62-57(60)61)52(76)67-46(53(77)65-42(50(59)74)22-12-13-26-58)30-36-24-25-37-17-8-9-18-38(37)28-36/h5-11,15-19,21,24-25,28,33,42-48,63H,3-4,12-14,20,22-23,26-27,29-32,58H2,1-2H3,(H2,59,74)(H,64,71)(H,65,77)(H,66,78)(H,67,76)(H,68,79)(H,69,80)(H,70,75)(H,72,73)(H4,60,61,62)/t42-,43-,44-,45+,46-,47-,48-/m0/s1. The molecule has 0 bridgehead atoms. The van der Waals surface area contributed by atoms with E-state index in [0.29, 0.717) is 59.8 Å². The van der Waals surface area contributed by atoms with Crippen molar-refractivity contribution in [3.05, 3.63) is 120 Å². The lowest BCUT2D eigenvalue weighted by molar-refractivity contribution is -0.141. The molecule has 80 heavy (non-hydrogen) atoms. The number of H-pyrrole nitrogens is 1. The molecule has 23 nitrogen and oxygen atoms in total. The molecule has 0 aliphatic heterocycles. The highest BCUT2D eigenvalue weighted by molar-refractivity contribution is 5.99. The van der Waals surface area contributed by atoms with E-state index in [2.05, 4.69) is 47.2 Å². The van der Waals surface area contributed by atoms with E-state index < -0.39 is 102 Å². The zero-order chi connectivity index (χ0) is 58.1. The fraction of sp³-hybridized carbons (Fsp3) is 0.404.